The summed E-state index contributed by atoms with van der Waals surface area (Å²) in [7, 11) is 0. The minimum Gasteiger partial charge on any atom is -0.339 e. The lowest BCUT2D eigenvalue weighted by Crippen LogP contribution is -2.23. The lowest BCUT2D eigenvalue weighted by molar-refractivity contribution is 0.369. The first-order valence-electron chi connectivity index (χ1n) is 6.68. The zero-order valence-electron chi connectivity index (χ0n) is 11.5. The van der Waals surface area contributed by atoms with Crippen LogP contribution in [0, 0.1) is 0 Å². The van der Waals surface area contributed by atoms with Gasteiger partial charge in [0.2, 0.25) is 5.89 Å². The predicted octanol–water partition coefficient (Wildman–Crippen LogP) is 1.99. The third-order valence-electron chi connectivity index (χ3n) is 2.74. The van der Waals surface area contributed by atoms with Gasteiger partial charge in [-0.2, -0.15) is 4.98 Å². The highest BCUT2D eigenvalue weighted by Gasteiger charge is 2.06. The van der Waals surface area contributed by atoms with E-state index in [9.17, 15) is 0 Å². The molecular formula is C14H20N4O. The Hall–Kier alpha value is -1.75. The molecule has 0 aromatic carbocycles. The Morgan fingerprint density at radius 1 is 1.26 bits per heavy atom. The molecule has 0 unspecified atom stereocenters. The summed E-state index contributed by atoms with van der Waals surface area (Å²) < 4.78 is 5.24. The molecule has 5 heteroatoms. The maximum atomic E-state index is 5.24. The Labute approximate surface area is 113 Å². The molecule has 0 amide bonds. The molecule has 5 nitrogen and oxygen atoms in total. The Bertz CT molecular complexity index is 481. The van der Waals surface area contributed by atoms with Gasteiger partial charge in [-0.05, 0) is 30.7 Å². The summed E-state index contributed by atoms with van der Waals surface area (Å²) in [5, 5.41) is 7.36. The van der Waals surface area contributed by atoms with Gasteiger partial charge in [-0.15, -0.1) is 0 Å². The highest BCUT2D eigenvalue weighted by atomic mass is 16.5. The Morgan fingerprint density at radius 3 is 2.79 bits per heavy atom. The van der Waals surface area contributed by atoms with E-state index in [1.54, 1.807) is 12.4 Å². The first kappa shape index (κ1) is 13.7. The smallest absolute Gasteiger partial charge is 0.226 e. The first-order valence-corrected chi connectivity index (χ1v) is 6.68. The predicted molar refractivity (Wildman–Crippen MR) is 72.8 cm³/mol. The largest absolute Gasteiger partial charge is 0.339 e. The summed E-state index contributed by atoms with van der Waals surface area (Å²) in [5.41, 5.74) is 1.14. The number of rotatable bonds is 7. The Balaban J connectivity index is 1.79. The van der Waals surface area contributed by atoms with E-state index in [-0.39, 0.29) is 0 Å². The second-order valence-corrected chi connectivity index (χ2v) is 4.85. The summed E-state index contributed by atoms with van der Waals surface area (Å²) in [4.78, 5) is 8.38. The number of hydrogen-bond donors (Lipinski definition) is 1. The van der Waals surface area contributed by atoms with Crippen LogP contribution < -0.4 is 5.32 Å². The third-order valence-corrected chi connectivity index (χ3v) is 2.74. The standard InChI is InChI=1S/C14H20N4O/c1-11(2)16-7-3-4-14-17-13(18-19-14)10-12-5-8-15-9-6-12/h5-6,8-9,11,16H,3-4,7,10H2,1-2H3. The lowest BCUT2D eigenvalue weighted by atomic mass is 10.2. The first-order chi connectivity index (χ1) is 9.24. The van der Waals surface area contributed by atoms with Gasteiger partial charge in [0.15, 0.2) is 5.82 Å². The summed E-state index contributed by atoms with van der Waals surface area (Å²) in [6, 6.07) is 4.44. The van der Waals surface area contributed by atoms with Gasteiger partial charge in [-0.3, -0.25) is 4.98 Å². The number of nitrogens with zero attached hydrogens (tertiary/aromatic N) is 3. The minimum atomic E-state index is 0.518. The van der Waals surface area contributed by atoms with E-state index < -0.39 is 0 Å². The molecule has 0 aliphatic heterocycles. The third kappa shape index (κ3) is 4.79. The molecule has 0 aliphatic carbocycles. The number of hydrogen-bond acceptors (Lipinski definition) is 5. The van der Waals surface area contributed by atoms with Crippen LogP contribution in [0.2, 0.25) is 0 Å². The molecule has 0 atom stereocenters. The van der Waals surface area contributed by atoms with Crippen LogP contribution in [0.1, 0.15) is 37.5 Å². The quantitative estimate of drug-likeness (QED) is 0.771. The van der Waals surface area contributed by atoms with Crippen molar-refractivity contribution in [1.29, 1.82) is 0 Å². The molecule has 2 heterocycles. The van der Waals surface area contributed by atoms with E-state index in [1.807, 2.05) is 12.1 Å². The molecule has 19 heavy (non-hydrogen) atoms. The van der Waals surface area contributed by atoms with Gasteiger partial charge in [0.05, 0.1) is 0 Å². The van der Waals surface area contributed by atoms with E-state index in [1.165, 1.54) is 0 Å². The van der Waals surface area contributed by atoms with Crippen LogP contribution in [0.3, 0.4) is 0 Å². The molecule has 0 radical (unpaired) electrons. The summed E-state index contributed by atoms with van der Waals surface area (Å²) in [6.45, 7) is 5.25. The van der Waals surface area contributed by atoms with Crippen molar-refractivity contribution in [2.24, 2.45) is 0 Å². The van der Waals surface area contributed by atoms with Crippen LogP contribution in [0.15, 0.2) is 29.0 Å². The van der Waals surface area contributed by atoms with Crippen molar-refractivity contribution >= 4 is 0 Å². The molecule has 2 rings (SSSR count). The molecule has 0 bridgehead atoms. The molecular weight excluding hydrogens is 240 g/mol. The summed E-state index contributed by atoms with van der Waals surface area (Å²) in [5.74, 6) is 1.45. The Kier molecular flexibility index (Phi) is 5.03. The molecule has 2 aromatic rings. The topological polar surface area (TPSA) is 63.8 Å². The second kappa shape index (κ2) is 6.99. The average molecular weight is 260 g/mol. The summed E-state index contributed by atoms with van der Waals surface area (Å²) >= 11 is 0. The average Bonchev–Trinajstić information content (AvgIpc) is 2.83. The molecule has 0 fully saturated rings. The van der Waals surface area contributed by atoms with E-state index >= 15 is 0 Å². The number of aryl methyl sites for hydroxylation is 1. The molecule has 0 aliphatic rings. The Morgan fingerprint density at radius 2 is 2.05 bits per heavy atom. The number of aromatic nitrogens is 3. The van der Waals surface area contributed by atoms with Gasteiger partial charge in [0.1, 0.15) is 0 Å². The van der Waals surface area contributed by atoms with Crippen molar-refractivity contribution in [3.63, 3.8) is 0 Å². The monoisotopic (exact) mass is 260 g/mol. The van der Waals surface area contributed by atoms with Crippen molar-refractivity contribution in [3.8, 4) is 0 Å². The molecule has 2 aromatic heterocycles. The fourth-order valence-electron chi connectivity index (χ4n) is 1.78. The van der Waals surface area contributed by atoms with Crippen LogP contribution in [0.25, 0.3) is 0 Å². The molecule has 0 spiro atoms. The molecule has 0 saturated heterocycles. The minimum absolute atomic E-state index is 0.518. The fourth-order valence-corrected chi connectivity index (χ4v) is 1.78. The maximum absolute atomic E-state index is 5.24. The van der Waals surface area contributed by atoms with E-state index in [4.69, 9.17) is 4.52 Å². The molecule has 1 N–H and O–H groups in total. The van der Waals surface area contributed by atoms with Crippen molar-refractivity contribution in [2.45, 2.75) is 39.2 Å². The number of pyridine rings is 1. The van der Waals surface area contributed by atoms with Gasteiger partial charge < -0.3 is 9.84 Å². The maximum Gasteiger partial charge on any atom is 0.226 e. The van der Waals surface area contributed by atoms with Gasteiger partial charge in [-0.1, -0.05) is 19.0 Å². The zero-order chi connectivity index (χ0) is 13.5. The van der Waals surface area contributed by atoms with Crippen molar-refractivity contribution in [3.05, 3.63) is 41.8 Å². The van der Waals surface area contributed by atoms with E-state index in [0.29, 0.717) is 12.5 Å². The van der Waals surface area contributed by atoms with Gasteiger partial charge in [0, 0.05) is 31.3 Å². The number of nitrogens with one attached hydrogen (secondary N) is 1. The SMILES string of the molecule is CC(C)NCCCc1nc(Cc2ccncc2)no1. The second-order valence-electron chi connectivity index (χ2n) is 4.85. The molecule has 102 valence electrons. The highest BCUT2D eigenvalue weighted by molar-refractivity contribution is 5.14. The van der Waals surface area contributed by atoms with Crippen LogP contribution in [-0.2, 0) is 12.8 Å². The van der Waals surface area contributed by atoms with Gasteiger partial charge >= 0.3 is 0 Å². The highest BCUT2D eigenvalue weighted by Crippen LogP contribution is 2.06. The lowest BCUT2D eigenvalue weighted by Gasteiger charge is -2.05. The van der Waals surface area contributed by atoms with Gasteiger partial charge in [0.25, 0.3) is 0 Å². The summed E-state index contributed by atoms with van der Waals surface area (Å²) in [6.07, 6.45) is 6.07. The van der Waals surface area contributed by atoms with E-state index in [0.717, 1.165) is 36.7 Å². The van der Waals surface area contributed by atoms with Gasteiger partial charge in [-0.25, -0.2) is 0 Å². The van der Waals surface area contributed by atoms with Crippen LogP contribution >= 0.6 is 0 Å². The molecule has 0 saturated carbocycles. The normalized spacial score (nSPS) is 11.1. The van der Waals surface area contributed by atoms with Crippen LogP contribution in [-0.4, -0.2) is 27.7 Å². The van der Waals surface area contributed by atoms with Crippen molar-refractivity contribution in [1.82, 2.24) is 20.4 Å². The van der Waals surface area contributed by atoms with Crippen LogP contribution in [0.4, 0.5) is 0 Å². The van der Waals surface area contributed by atoms with Crippen LogP contribution in [0.5, 0.6) is 0 Å². The zero-order valence-corrected chi connectivity index (χ0v) is 11.5. The fraction of sp³-hybridized carbons (Fsp3) is 0.500. The van der Waals surface area contributed by atoms with Crippen molar-refractivity contribution < 1.29 is 4.52 Å². The van der Waals surface area contributed by atoms with Crippen molar-refractivity contribution in [2.75, 3.05) is 6.54 Å². The van der Waals surface area contributed by atoms with E-state index in [2.05, 4.69) is 34.3 Å².